The molecule has 0 aromatic carbocycles. The number of ether oxygens (including phenoxy) is 2. The number of carbonyl (C=O) groups excluding carboxylic acids is 1. The topological polar surface area (TPSA) is 66.5 Å². The highest BCUT2D eigenvalue weighted by Gasteiger charge is 2.36. The number of hydrogen-bond donors (Lipinski definition) is 0. The fourth-order valence-electron chi connectivity index (χ4n) is 1.72. The van der Waals surface area contributed by atoms with E-state index >= 15 is 0 Å². The molecule has 6 nitrogen and oxygen atoms in total. The second-order valence-corrected chi connectivity index (χ2v) is 7.72. The van der Waals surface area contributed by atoms with Crippen LogP contribution >= 0.6 is 0 Å². The summed E-state index contributed by atoms with van der Waals surface area (Å²) in [6.45, 7) is 2.79. The molecule has 0 N–H and O–H groups in total. The number of esters is 1. The molecule has 0 bridgehead atoms. The second kappa shape index (κ2) is 8.53. The Bertz CT molecular complexity index is 327. The van der Waals surface area contributed by atoms with Crippen molar-refractivity contribution < 1.29 is 27.5 Å². The molecule has 1 saturated heterocycles. The number of rotatable bonds is 10. The number of unbranched alkanes of at least 4 members (excludes halogenated alkanes) is 1. The molecule has 7 heteroatoms. The van der Waals surface area contributed by atoms with Crippen molar-refractivity contribution in [3.63, 3.8) is 0 Å². The predicted molar refractivity (Wildman–Crippen MR) is 75.3 cm³/mol. The van der Waals surface area contributed by atoms with E-state index in [1.54, 1.807) is 28.3 Å². The highest BCUT2D eigenvalue weighted by atomic mass is 28.4. The Kier molecular flexibility index (Phi) is 7.39. The summed E-state index contributed by atoms with van der Waals surface area (Å²) in [5, 5.41) is 0. The van der Waals surface area contributed by atoms with Crippen LogP contribution in [0.4, 0.5) is 0 Å². The molecule has 0 aromatic heterocycles. The van der Waals surface area contributed by atoms with Gasteiger partial charge < -0.3 is 22.8 Å². The standard InChI is InChI=1S/C13H24O6Si/c1-11(13(14)19-10-12-9-18-12)7-5-6-8-20(15-2,16-3)17-4/h7,12H,5-6,8-10H2,1-4H3. The zero-order chi connectivity index (χ0) is 15.0. The van der Waals surface area contributed by atoms with Gasteiger partial charge in [-0.1, -0.05) is 6.08 Å². The molecular weight excluding hydrogens is 280 g/mol. The third-order valence-corrected chi connectivity index (χ3v) is 6.03. The molecule has 20 heavy (non-hydrogen) atoms. The monoisotopic (exact) mass is 304 g/mol. The van der Waals surface area contributed by atoms with Crippen LogP contribution in [0.3, 0.4) is 0 Å². The first kappa shape index (κ1) is 17.3. The third kappa shape index (κ3) is 5.72. The van der Waals surface area contributed by atoms with E-state index in [2.05, 4.69) is 0 Å². The van der Waals surface area contributed by atoms with E-state index in [4.69, 9.17) is 22.8 Å². The summed E-state index contributed by atoms with van der Waals surface area (Å²) in [5.74, 6) is -0.283. The van der Waals surface area contributed by atoms with Gasteiger partial charge in [0.25, 0.3) is 0 Å². The van der Waals surface area contributed by atoms with Crippen LogP contribution in [0.2, 0.25) is 6.04 Å². The van der Waals surface area contributed by atoms with Gasteiger partial charge in [0.05, 0.1) is 6.61 Å². The van der Waals surface area contributed by atoms with E-state index in [-0.39, 0.29) is 12.1 Å². The minimum absolute atomic E-state index is 0.100. The van der Waals surface area contributed by atoms with Gasteiger partial charge in [-0.05, 0) is 19.8 Å². The van der Waals surface area contributed by atoms with Crippen molar-refractivity contribution in [3.8, 4) is 0 Å². The quantitative estimate of drug-likeness (QED) is 0.200. The van der Waals surface area contributed by atoms with Crippen molar-refractivity contribution in [1.29, 1.82) is 0 Å². The Labute approximate surface area is 121 Å². The fourth-order valence-corrected chi connectivity index (χ4v) is 3.47. The summed E-state index contributed by atoms with van der Waals surface area (Å²) < 4.78 is 26.1. The lowest BCUT2D eigenvalue weighted by atomic mass is 10.2. The number of epoxide rings is 1. The van der Waals surface area contributed by atoms with Crippen LogP contribution < -0.4 is 0 Å². The van der Waals surface area contributed by atoms with Crippen LogP contribution in [0.15, 0.2) is 11.6 Å². The SMILES string of the molecule is CO[Si](CCCC=C(C)C(=O)OCC1CO1)(OC)OC. The Morgan fingerprint density at radius 1 is 1.30 bits per heavy atom. The van der Waals surface area contributed by atoms with Crippen molar-refractivity contribution in [2.24, 2.45) is 0 Å². The third-order valence-electron chi connectivity index (χ3n) is 3.20. The van der Waals surface area contributed by atoms with Crippen LogP contribution in [0, 0.1) is 0 Å². The lowest BCUT2D eigenvalue weighted by Gasteiger charge is -2.23. The smallest absolute Gasteiger partial charge is 0.459 e. The molecular formula is C13H24O6Si. The van der Waals surface area contributed by atoms with Crippen molar-refractivity contribution in [1.82, 2.24) is 0 Å². The van der Waals surface area contributed by atoms with E-state index in [0.717, 1.165) is 12.8 Å². The van der Waals surface area contributed by atoms with Gasteiger partial charge in [0.1, 0.15) is 12.7 Å². The van der Waals surface area contributed by atoms with Gasteiger partial charge in [0, 0.05) is 32.9 Å². The molecule has 0 aliphatic carbocycles. The van der Waals surface area contributed by atoms with Crippen molar-refractivity contribution in [3.05, 3.63) is 11.6 Å². The summed E-state index contributed by atoms with van der Waals surface area (Å²) in [5.41, 5.74) is 0.616. The van der Waals surface area contributed by atoms with Crippen molar-refractivity contribution in [2.45, 2.75) is 31.9 Å². The van der Waals surface area contributed by atoms with Gasteiger partial charge in [-0.3, -0.25) is 0 Å². The minimum Gasteiger partial charge on any atom is -0.459 e. The van der Waals surface area contributed by atoms with E-state index in [1.165, 1.54) is 0 Å². The lowest BCUT2D eigenvalue weighted by Crippen LogP contribution is -2.42. The van der Waals surface area contributed by atoms with E-state index in [9.17, 15) is 4.79 Å². The van der Waals surface area contributed by atoms with Gasteiger partial charge in [-0.2, -0.15) is 0 Å². The molecule has 1 fully saturated rings. The van der Waals surface area contributed by atoms with Crippen LogP contribution in [-0.4, -0.2) is 55.4 Å². The molecule has 1 aliphatic rings. The van der Waals surface area contributed by atoms with E-state index in [0.29, 0.717) is 24.8 Å². The maximum Gasteiger partial charge on any atom is 0.500 e. The molecule has 0 radical (unpaired) electrons. The Morgan fingerprint density at radius 2 is 1.90 bits per heavy atom. The average molecular weight is 304 g/mol. The molecule has 0 aromatic rings. The first-order valence-corrected chi connectivity index (χ1v) is 8.61. The maximum absolute atomic E-state index is 11.6. The van der Waals surface area contributed by atoms with Gasteiger partial charge in [-0.25, -0.2) is 4.79 Å². The van der Waals surface area contributed by atoms with Gasteiger partial charge in [0.2, 0.25) is 0 Å². The first-order valence-electron chi connectivity index (χ1n) is 6.68. The molecule has 1 aliphatic heterocycles. The van der Waals surface area contributed by atoms with Gasteiger partial charge in [0.15, 0.2) is 0 Å². The second-order valence-electron chi connectivity index (χ2n) is 4.63. The summed E-state index contributed by atoms with van der Waals surface area (Å²) in [6, 6.07) is 0.714. The van der Waals surface area contributed by atoms with Crippen LogP contribution in [0.5, 0.6) is 0 Å². The van der Waals surface area contributed by atoms with Crippen LogP contribution in [-0.2, 0) is 27.5 Å². The first-order chi connectivity index (χ1) is 9.56. The van der Waals surface area contributed by atoms with E-state index in [1.807, 2.05) is 6.08 Å². The molecule has 0 amide bonds. The molecule has 0 spiro atoms. The Morgan fingerprint density at radius 3 is 2.40 bits per heavy atom. The molecule has 1 atom stereocenters. The summed E-state index contributed by atoms with van der Waals surface area (Å²) in [6.07, 6.45) is 3.56. The summed E-state index contributed by atoms with van der Waals surface area (Å²) in [7, 11) is 2.28. The lowest BCUT2D eigenvalue weighted by molar-refractivity contribution is -0.139. The van der Waals surface area contributed by atoms with Gasteiger partial charge >= 0.3 is 14.8 Å². The molecule has 116 valence electrons. The van der Waals surface area contributed by atoms with Crippen molar-refractivity contribution in [2.75, 3.05) is 34.5 Å². The van der Waals surface area contributed by atoms with Crippen LogP contribution in [0.1, 0.15) is 19.8 Å². The molecule has 1 rings (SSSR count). The minimum atomic E-state index is -2.50. The molecule has 1 heterocycles. The number of carbonyl (C=O) groups is 1. The Balaban J connectivity index is 2.25. The number of hydrogen-bond acceptors (Lipinski definition) is 6. The van der Waals surface area contributed by atoms with E-state index < -0.39 is 8.80 Å². The van der Waals surface area contributed by atoms with Crippen LogP contribution in [0.25, 0.3) is 0 Å². The van der Waals surface area contributed by atoms with Crippen molar-refractivity contribution >= 4 is 14.8 Å². The van der Waals surface area contributed by atoms with Gasteiger partial charge in [-0.15, -0.1) is 0 Å². The average Bonchev–Trinajstić information content (AvgIpc) is 3.29. The highest BCUT2D eigenvalue weighted by Crippen LogP contribution is 2.17. The number of allylic oxidation sites excluding steroid dienone is 1. The zero-order valence-electron chi connectivity index (χ0n) is 12.6. The molecule has 1 unspecified atom stereocenters. The Hall–Kier alpha value is -0.733. The maximum atomic E-state index is 11.6. The summed E-state index contributed by atoms with van der Waals surface area (Å²) >= 11 is 0. The molecule has 0 saturated carbocycles. The largest absolute Gasteiger partial charge is 0.500 e. The predicted octanol–water partition coefficient (Wildman–Crippen LogP) is 1.53. The normalized spacial score (nSPS) is 19.0. The zero-order valence-corrected chi connectivity index (χ0v) is 13.6. The highest BCUT2D eigenvalue weighted by molar-refractivity contribution is 6.60. The fraction of sp³-hybridized carbons (Fsp3) is 0.769. The summed E-state index contributed by atoms with van der Waals surface area (Å²) in [4.78, 5) is 11.6.